The number of hydrogen-bond acceptors (Lipinski definition) is 7. The van der Waals surface area contributed by atoms with Gasteiger partial charge in [-0.1, -0.05) is 66.2 Å². The van der Waals surface area contributed by atoms with E-state index in [2.05, 4.69) is 39.2 Å². The van der Waals surface area contributed by atoms with E-state index in [4.69, 9.17) is 30.5 Å². The molecule has 2 aliphatic rings. The standard InChI is InChI=1S/C25H22ClN3O5/c26-17-10-18-23(29-25(27-18)34-20-13-32-21-19(30)12-31-22(20)21)28-24(17)33-11-14-6-8-16(9-7-14)15-4-2-1-3-5-15/h1-10,19-22,30H,11-13H2,(H,27,28,29)/t19-,20-,21-,22?/m1/s1. The molecule has 2 aromatic carbocycles. The molecule has 2 fully saturated rings. The quantitative estimate of drug-likeness (QED) is 0.434. The highest BCUT2D eigenvalue weighted by Gasteiger charge is 2.48. The minimum atomic E-state index is -0.635. The topological polar surface area (TPSA) is 98.7 Å². The lowest BCUT2D eigenvalue weighted by Gasteiger charge is -2.15. The smallest absolute Gasteiger partial charge is 0.296 e. The van der Waals surface area contributed by atoms with Crippen LogP contribution in [0.2, 0.25) is 5.02 Å². The third-order valence-electron chi connectivity index (χ3n) is 6.05. The number of aliphatic hydroxyl groups excluding tert-OH is 1. The van der Waals surface area contributed by atoms with Crippen LogP contribution in [0.15, 0.2) is 60.7 Å². The Bertz CT molecular complexity index is 1300. The number of halogens is 1. The van der Waals surface area contributed by atoms with Gasteiger partial charge in [-0.2, -0.15) is 9.97 Å². The monoisotopic (exact) mass is 479 g/mol. The highest BCUT2D eigenvalue weighted by molar-refractivity contribution is 6.32. The number of aromatic amines is 1. The van der Waals surface area contributed by atoms with Gasteiger partial charge in [0.15, 0.2) is 11.8 Å². The van der Waals surface area contributed by atoms with Crippen molar-refractivity contribution in [2.24, 2.45) is 0 Å². The SMILES string of the molecule is O[C@@H]1COC2[C@H](Oc3nc4nc(OCc5ccc(-c6ccccc6)cc5)c(Cl)cc4[nH]3)CO[C@@H]21. The van der Waals surface area contributed by atoms with E-state index < -0.39 is 6.10 Å². The molecule has 0 aliphatic carbocycles. The summed E-state index contributed by atoms with van der Waals surface area (Å²) in [7, 11) is 0. The number of ether oxygens (including phenoxy) is 4. The summed E-state index contributed by atoms with van der Waals surface area (Å²) in [6.07, 6.45) is -1.70. The Morgan fingerprint density at radius 1 is 0.971 bits per heavy atom. The summed E-state index contributed by atoms with van der Waals surface area (Å²) in [6, 6.07) is 20.4. The lowest BCUT2D eigenvalue weighted by molar-refractivity contribution is 0.00706. The van der Waals surface area contributed by atoms with Crippen LogP contribution in [-0.2, 0) is 16.1 Å². The van der Waals surface area contributed by atoms with Crippen molar-refractivity contribution < 1.29 is 24.1 Å². The first kappa shape index (κ1) is 21.4. The summed E-state index contributed by atoms with van der Waals surface area (Å²) in [5, 5.41) is 10.3. The number of H-pyrrole nitrogens is 1. The second-order valence-electron chi connectivity index (χ2n) is 8.36. The molecular formula is C25H22ClN3O5. The van der Waals surface area contributed by atoms with Crippen molar-refractivity contribution in [3.05, 3.63) is 71.2 Å². The number of fused-ring (bicyclic) bond motifs is 2. The molecule has 4 aromatic rings. The molecule has 8 nitrogen and oxygen atoms in total. The molecule has 0 saturated carbocycles. The number of hydrogen-bond donors (Lipinski definition) is 2. The second-order valence-corrected chi connectivity index (χ2v) is 8.77. The fourth-order valence-electron chi connectivity index (χ4n) is 4.30. The molecule has 2 aromatic heterocycles. The molecule has 34 heavy (non-hydrogen) atoms. The molecule has 0 radical (unpaired) electrons. The van der Waals surface area contributed by atoms with E-state index in [9.17, 15) is 5.11 Å². The van der Waals surface area contributed by atoms with Crippen molar-refractivity contribution >= 4 is 22.8 Å². The Labute approximate surface area is 200 Å². The maximum Gasteiger partial charge on any atom is 0.296 e. The van der Waals surface area contributed by atoms with Gasteiger partial charge in [-0.25, -0.2) is 0 Å². The van der Waals surface area contributed by atoms with Gasteiger partial charge in [0.1, 0.15) is 29.9 Å². The zero-order valence-electron chi connectivity index (χ0n) is 18.1. The molecule has 2 aliphatic heterocycles. The Balaban J connectivity index is 1.14. The number of pyridine rings is 1. The van der Waals surface area contributed by atoms with Gasteiger partial charge in [0.2, 0.25) is 5.88 Å². The highest BCUT2D eigenvalue weighted by atomic mass is 35.5. The molecule has 0 bridgehead atoms. The molecule has 0 amide bonds. The number of aliphatic hydroxyl groups is 1. The van der Waals surface area contributed by atoms with Crippen LogP contribution in [0.3, 0.4) is 0 Å². The number of rotatable bonds is 6. The summed E-state index contributed by atoms with van der Waals surface area (Å²) < 4.78 is 23.0. The fourth-order valence-corrected chi connectivity index (χ4v) is 4.51. The third kappa shape index (κ3) is 4.10. The van der Waals surface area contributed by atoms with Crippen molar-refractivity contribution in [2.75, 3.05) is 13.2 Å². The van der Waals surface area contributed by atoms with Crippen LogP contribution in [0.4, 0.5) is 0 Å². The Morgan fingerprint density at radius 3 is 2.56 bits per heavy atom. The lowest BCUT2D eigenvalue weighted by atomic mass is 10.0. The lowest BCUT2D eigenvalue weighted by Crippen LogP contribution is -2.34. The van der Waals surface area contributed by atoms with Gasteiger partial charge in [-0.3, -0.25) is 0 Å². The van der Waals surface area contributed by atoms with Crippen LogP contribution in [0.25, 0.3) is 22.3 Å². The van der Waals surface area contributed by atoms with Gasteiger partial charge in [-0.15, -0.1) is 0 Å². The zero-order valence-corrected chi connectivity index (χ0v) is 18.8. The number of nitrogens with zero attached hydrogens (tertiary/aromatic N) is 2. The Kier molecular flexibility index (Phi) is 5.58. The number of aromatic nitrogens is 3. The van der Waals surface area contributed by atoms with E-state index in [1.54, 1.807) is 6.07 Å². The summed E-state index contributed by atoms with van der Waals surface area (Å²) in [5.41, 5.74) is 4.36. The number of benzene rings is 2. The predicted molar refractivity (Wildman–Crippen MR) is 125 cm³/mol. The van der Waals surface area contributed by atoms with E-state index in [1.165, 1.54) is 0 Å². The van der Waals surface area contributed by atoms with Gasteiger partial charge >= 0.3 is 0 Å². The van der Waals surface area contributed by atoms with Crippen molar-refractivity contribution in [1.29, 1.82) is 0 Å². The van der Waals surface area contributed by atoms with Crippen LogP contribution in [0, 0.1) is 0 Å². The number of nitrogens with one attached hydrogen (secondary N) is 1. The maximum absolute atomic E-state index is 9.89. The minimum Gasteiger partial charge on any atom is -0.472 e. The van der Waals surface area contributed by atoms with Crippen LogP contribution in [0.1, 0.15) is 5.56 Å². The molecule has 2 N–H and O–H groups in total. The van der Waals surface area contributed by atoms with Crippen molar-refractivity contribution in [3.63, 3.8) is 0 Å². The first-order valence-electron chi connectivity index (χ1n) is 11.1. The molecule has 0 spiro atoms. The molecular weight excluding hydrogens is 458 g/mol. The molecule has 4 atom stereocenters. The van der Waals surface area contributed by atoms with Crippen molar-refractivity contribution in [3.8, 4) is 23.0 Å². The zero-order chi connectivity index (χ0) is 23.1. The third-order valence-corrected chi connectivity index (χ3v) is 6.33. The van der Waals surface area contributed by atoms with E-state index in [-0.39, 0.29) is 30.9 Å². The van der Waals surface area contributed by atoms with Crippen LogP contribution in [0.5, 0.6) is 11.9 Å². The summed E-state index contributed by atoms with van der Waals surface area (Å²) >= 11 is 6.40. The van der Waals surface area contributed by atoms with Gasteiger partial charge in [0.25, 0.3) is 6.01 Å². The van der Waals surface area contributed by atoms with E-state index in [0.717, 1.165) is 16.7 Å². The first-order chi connectivity index (χ1) is 16.6. The molecule has 2 saturated heterocycles. The Morgan fingerprint density at radius 2 is 1.74 bits per heavy atom. The Hall–Kier alpha value is -3.17. The summed E-state index contributed by atoms with van der Waals surface area (Å²) in [4.78, 5) is 11.9. The predicted octanol–water partition coefficient (Wildman–Crippen LogP) is 3.76. The van der Waals surface area contributed by atoms with Gasteiger partial charge in [0.05, 0.1) is 18.7 Å². The van der Waals surface area contributed by atoms with E-state index in [0.29, 0.717) is 35.3 Å². The van der Waals surface area contributed by atoms with Gasteiger partial charge in [-0.05, 0) is 22.8 Å². The van der Waals surface area contributed by atoms with E-state index >= 15 is 0 Å². The van der Waals surface area contributed by atoms with Crippen LogP contribution in [-0.4, -0.2) is 57.7 Å². The average Bonchev–Trinajstić information content (AvgIpc) is 3.55. The van der Waals surface area contributed by atoms with Crippen LogP contribution < -0.4 is 9.47 Å². The average molecular weight is 480 g/mol. The summed E-state index contributed by atoms with van der Waals surface area (Å²) in [5.74, 6) is 0.297. The van der Waals surface area contributed by atoms with Crippen molar-refractivity contribution in [1.82, 2.24) is 15.0 Å². The maximum atomic E-state index is 9.89. The highest BCUT2D eigenvalue weighted by Crippen LogP contribution is 2.31. The van der Waals surface area contributed by atoms with Gasteiger partial charge in [0, 0.05) is 0 Å². The number of imidazole rings is 1. The van der Waals surface area contributed by atoms with Crippen LogP contribution >= 0.6 is 11.6 Å². The minimum absolute atomic E-state index is 0.238. The fraction of sp³-hybridized carbons (Fsp3) is 0.280. The largest absolute Gasteiger partial charge is 0.472 e. The molecule has 4 heterocycles. The molecule has 6 rings (SSSR count). The summed E-state index contributed by atoms with van der Waals surface area (Å²) in [6.45, 7) is 0.875. The molecule has 1 unspecified atom stereocenters. The van der Waals surface area contributed by atoms with Crippen molar-refractivity contribution in [2.45, 2.75) is 31.0 Å². The molecule has 174 valence electrons. The second kappa shape index (κ2) is 8.88. The molecule has 9 heteroatoms. The normalized spacial score (nSPS) is 23.8. The van der Waals surface area contributed by atoms with E-state index in [1.807, 2.05) is 30.3 Å². The van der Waals surface area contributed by atoms with Gasteiger partial charge < -0.3 is 29.0 Å². The first-order valence-corrected chi connectivity index (χ1v) is 11.4.